The van der Waals surface area contributed by atoms with Crippen LogP contribution in [-0.4, -0.2) is 50.1 Å². The molecule has 0 aromatic heterocycles. The Morgan fingerprint density at radius 3 is 2.44 bits per heavy atom. The molecule has 0 aromatic carbocycles. The number of nitrogens with zero attached hydrogens (tertiary/aromatic N) is 2. The fraction of sp³-hybridized carbons (Fsp3) is 1.00. The molecule has 0 atom stereocenters. The Hall–Kier alpha value is -0.0800. The zero-order chi connectivity index (χ0) is 6.69. The fourth-order valence-corrected chi connectivity index (χ4v) is 0.905. The monoisotopic (exact) mass is 128 g/mol. The summed E-state index contributed by atoms with van der Waals surface area (Å²) in [4.78, 5) is 4.70. The zero-order valence-electron chi connectivity index (χ0n) is 6.43. The molecule has 0 aliphatic carbocycles. The molecule has 0 N–H and O–H groups in total. The molecule has 0 aromatic rings. The van der Waals surface area contributed by atoms with Gasteiger partial charge in [0.1, 0.15) is 0 Å². The van der Waals surface area contributed by atoms with Crippen molar-refractivity contribution in [1.82, 2.24) is 9.80 Å². The maximum atomic E-state index is 2.46. The lowest BCUT2D eigenvalue weighted by atomic mass is 10.4. The summed E-state index contributed by atoms with van der Waals surface area (Å²) >= 11 is 0. The average molecular weight is 128 g/mol. The standard InChI is InChI=1S/C7H16N2/c1-8(2)4-3-5-9-6-7-9/h3-7H2,1-2H3. The SMILES string of the molecule is CN(C)CCCN1CC1. The molecule has 2 heteroatoms. The minimum absolute atomic E-state index is 1.23. The van der Waals surface area contributed by atoms with Crippen molar-refractivity contribution < 1.29 is 0 Å². The van der Waals surface area contributed by atoms with Crippen LogP contribution < -0.4 is 0 Å². The van der Waals surface area contributed by atoms with Gasteiger partial charge in [-0.05, 0) is 33.6 Å². The van der Waals surface area contributed by atoms with Gasteiger partial charge in [-0.25, -0.2) is 0 Å². The van der Waals surface area contributed by atoms with E-state index in [1.807, 2.05) is 0 Å². The van der Waals surface area contributed by atoms with Gasteiger partial charge in [0.05, 0.1) is 0 Å². The molecule has 1 aliphatic heterocycles. The Kier molecular flexibility index (Phi) is 2.49. The molecular weight excluding hydrogens is 112 g/mol. The molecule has 0 radical (unpaired) electrons. The van der Waals surface area contributed by atoms with E-state index in [0.717, 1.165) is 0 Å². The summed E-state index contributed by atoms with van der Waals surface area (Å²) in [5, 5.41) is 0. The summed E-state index contributed by atoms with van der Waals surface area (Å²) in [6.07, 6.45) is 1.33. The van der Waals surface area contributed by atoms with Gasteiger partial charge < -0.3 is 9.80 Å². The normalized spacial score (nSPS) is 19.0. The molecule has 54 valence electrons. The largest absolute Gasteiger partial charge is 0.309 e. The van der Waals surface area contributed by atoms with E-state index in [1.54, 1.807) is 0 Å². The van der Waals surface area contributed by atoms with E-state index in [2.05, 4.69) is 23.9 Å². The highest BCUT2D eigenvalue weighted by atomic mass is 15.3. The van der Waals surface area contributed by atoms with Crippen molar-refractivity contribution in [3.63, 3.8) is 0 Å². The highest BCUT2D eigenvalue weighted by Crippen LogP contribution is 2.03. The second-order valence-electron chi connectivity index (χ2n) is 3.00. The van der Waals surface area contributed by atoms with Gasteiger partial charge in [0.2, 0.25) is 0 Å². The fourth-order valence-electron chi connectivity index (χ4n) is 0.905. The van der Waals surface area contributed by atoms with Crippen LogP contribution in [-0.2, 0) is 0 Å². The second-order valence-corrected chi connectivity index (χ2v) is 3.00. The molecule has 0 amide bonds. The number of hydrogen-bond acceptors (Lipinski definition) is 2. The van der Waals surface area contributed by atoms with E-state index in [1.165, 1.54) is 32.6 Å². The van der Waals surface area contributed by atoms with E-state index in [9.17, 15) is 0 Å². The first kappa shape index (κ1) is 7.03. The molecule has 2 nitrogen and oxygen atoms in total. The van der Waals surface area contributed by atoms with Crippen LogP contribution in [0.25, 0.3) is 0 Å². The topological polar surface area (TPSA) is 6.25 Å². The molecule has 9 heavy (non-hydrogen) atoms. The van der Waals surface area contributed by atoms with E-state index in [4.69, 9.17) is 0 Å². The van der Waals surface area contributed by atoms with Crippen molar-refractivity contribution in [3.05, 3.63) is 0 Å². The van der Waals surface area contributed by atoms with Gasteiger partial charge in [0.25, 0.3) is 0 Å². The molecule has 1 fully saturated rings. The summed E-state index contributed by atoms with van der Waals surface area (Å²) in [6.45, 7) is 5.22. The third-order valence-electron chi connectivity index (χ3n) is 1.62. The summed E-state index contributed by atoms with van der Waals surface area (Å²) in [5.74, 6) is 0. The van der Waals surface area contributed by atoms with Crippen molar-refractivity contribution in [3.8, 4) is 0 Å². The van der Waals surface area contributed by atoms with Crippen molar-refractivity contribution in [2.75, 3.05) is 40.3 Å². The quantitative estimate of drug-likeness (QED) is 0.501. The van der Waals surface area contributed by atoms with Gasteiger partial charge >= 0.3 is 0 Å². The van der Waals surface area contributed by atoms with Gasteiger partial charge in [-0.3, -0.25) is 0 Å². The Morgan fingerprint density at radius 2 is 2.00 bits per heavy atom. The van der Waals surface area contributed by atoms with Crippen LogP contribution in [0.2, 0.25) is 0 Å². The lowest BCUT2D eigenvalue weighted by Gasteiger charge is -2.08. The molecule has 0 spiro atoms. The Balaban J connectivity index is 1.81. The summed E-state index contributed by atoms with van der Waals surface area (Å²) < 4.78 is 0. The van der Waals surface area contributed by atoms with Crippen LogP contribution >= 0.6 is 0 Å². The number of rotatable bonds is 4. The van der Waals surface area contributed by atoms with Crippen LogP contribution in [0.5, 0.6) is 0 Å². The predicted octanol–water partition coefficient (Wildman–Crippen LogP) is 0.254. The lowest BCUT2D eigenvalue weighted by molar-refractivity contribution is 0.378. The molecule has 0 bridgehead atoms. The van der Waals surface area contributed by atoms with Crippen LogP contribution in [0.1, 0.15) is 6.42 Å². The second kappa shape index (κ2) is 3.18. The maximum absolute atomic E-state index is 2.46. The highest BCUT2D eigenvalue weighted by molar-refractivity contribution is 4.71. The van der Waals surface area contributed by atoms with Gasteiger partial charge in [0.15, 0.2) is 0 Å². The molecule has 1 saturated heterocycles. The van der Waals surface area contributed by atoms with Gasteiger partial charge in [0, 0.05) is 13.1 Å². The highest BCUT2D eigenvalue weighted by Gasteiger charge is 2.15. The third kappa shape index (κ3) is 3.49. The van der Waals surface area contributed by atoms with Crippen molar-refractivity contribution >= 4 is 0 Å². The van der Waals surface area contributed by atoms with Crippen molar-refractivity contribution in [2.45, 2.75) is 6.42 Å². The molecule has 0 saturated carbocycles. The smallest absolute Gasteiger partial charge is 0.0110 e. The van der Waals surface area contributed by atoms with Gasteiger partial charge in [-0.15, -0.1) is 0 Å². The Morgan fingerprint density at radius 1 is 1.33 bits per heavy atom. The lowest BCUT2D eigenvalue weighted by Crippen LogP contribution is -2.16. The molecule has 1 aliphatic rings. The zero-order valence-corrected chi connectivity index (χ0v) is 6.43. The molecule has 1 rings (SSSR count). The van der Waals surface area contributed by atoms with Crippen LogP contribution in [0.3, 0.4) is 0 Å². The van der Waals surface area contributed by atoms with Crippen molar-refractivity contribution in [1.29, 1.82) is 0 Å². The first-order chi connectivity index (χ1) is 4.29. The van der Waals surface area contributed by atoms with Gasteiger partial charge in [-0.1, -0.05) is 0 Å². The van der Waals surface area contributed by atoms with E-state index >= 15 is 0 Å². The van der Waals surface area contributed by atoms with E-state index in [-0.39, 0.29) is 0 Å². The first-order valence-corrected chi connectivity index (χ1v) is 3.66. The first-order valence-electron chi connectivity index (χ1n) is 3.66. The third-order valence-corrected chi connectivity index (χ3v) is 1.62. The van der Waals surface area contributed by atoms with Crippen molar-refractivity contribution in [2.24, 2.45) is 0 Å². The Bertz CT molecular complexity index is 75.0. The van der Waals surface area contributed by atoms with E-state index < -0.39 is 0 Å². The van der Waals surface area contributed by atoms with Crippen LogP contribution in [0.4, 0.5) is 0 Å². The van der Waals surface area contributed by atoms with Crippen LogP contribution in [0.15, 0.2) is 0 Å². The molecule has 1 heterocycles. The molecule has 0 unspecified atom stereocenters. The van der Waals surface area contributed by atoms with E-state index in [0.29, 0.717) is 0 Å². The summed E-state index contributed by atoms with van der Waals surface area (Å²) in [6, 6.07) is 0. The average Bonchev–Trinajstić information content (AvgIpc) is 2.48. The molecular formula is C7H16N2. The predicted molar refractivity (Wildman–Crippen MR) is 39.6 cm³/mol. The number of hydrogen-bond donors (Lipinski definition) is 0. The Labute approximate surface area is 57.4 Å². The van der Waals surface area contributed by atoms with Gasteiger partial charge in [-0.2, -0.15) is 0 Å². The summed E-state index contributed by atoms with van der Waals surface area (Å²) in [7, 11) is 4.25. The minimum Gasteiger partial charge on any atom is -0.309 e. The summed E-state index contributed by atoms with van der Waals surface area (Å²) in [5.41, 5.74) is 0. The minimum atomic E-state index is 1.23. The maximum Gasteiger partial charge on any atom is 0.0110 e. The van der Waals surface area contributed by atoms with Crippen LogP contribution in [0, 0.1) is 0 Å².